The van der Waals surface area contributed by atoms with Crippen molar-refractivity contribution < 1.29 is 23.9 Å². The van der Waals surface area contributed by atoms with E-state index in [-0.39, 0.29) is 36.6 Å². The number of rotatable bonds is 12. The summed E-state index contributed by atoms with van der Waals surface area (Å²) in [5.74, 6) is 0.674. The Labute approximate surface area is 247 Å². The number of aryl methyl sites for hydroxylation is 1. The number of aromatic nitrogens is 1. The monoisotopic (exact) mass is 572 g/mol. The van der Waals surface area contributed by atoms with E-state index in [1.807, 2.05) is 31.2 Å². The number of pyridine rings is 1. The van der Waals surface area contributed by atoms with Crippen LogP contribution in [0.4, 0.5) is 11.5 Å². The molecule has 42 heavy (non-hydrogen) atoms. The van der Waals surface area contributed by atoms with Gasteiger partial charge in [-0.3, -0.25) is 19.3 Å². The number of nitrogens with zero attached hydrogens (tertiary/aromatic N) is 2. The van der Waals surface area contributed by atoms with Gasteiger partial charge in [0.15, 0.2) is 0 Å². The SMILES string of the molecule is COc1cc(OC)cc(N(C(=O)CCCC(=O)Nc2ccccn2)[C@@H](C(=O)NC2CCCCC2)c2ccc(C)cc2)c1. The summed E-state index contributed by atoms with van der Waals surface area (Å²) in [4.78, 5) is 46.3. The first kappa shape index (κ1) is 30.6. The molecule has 9 nitrogen and oxygen atoms in total. The number of ether oxygens (including phenoxy) is 2. The molecule has 1 saturated carbocycles. The Bertz CT molecular complexity index is 1320. The van der Waals surface area contributed by atoms with E-state index < -0.39 is 6.04 Å². The predicted molar refractivity (Wildman–Crippen MR) is 163 cm³/mol. The van der Waals surface area contributed by atoms with E-state index >= 15 is 0 Å². The third-order valence-corrected chi connectivity index (χ3v) is 7.46. The van der Waals surface area contributed by atoms with Crippen LogP contribution in [-0.4, -0.2) is 43.0 Å². The molecule has 0 radical (unpaired) electrons. The van der Waals surface area contributed by atoms with Gasteiger partial charge >= 0.3 is 0 Å². The maximum atomic E-state index is 14.1. The molecule has 1 fully saturated rings. The third-order valence-electron chi connectivity index (χ3n) is 7.46. The maximum absolute atomic E-state index is 14.1. The first-order valence-corrected chi connectivity index (χ1v) is 14.5. The van der Waals surface area contributed by atoms with Crippen LogP contribution < -0.4 is 25.0 Å². The lowest BCUT2D eigenvalue weighted by Gasteiger charge is -2.34. The molecule has 222 valence electrons. The summed E-state index contributed by atoms with van der Waals surface area (Å²) < 4.78 is 11.0. The Hall–Kier alpha value is -4.40. The lowest BCUT2D eigenvalue weighted by molar-refractivity contribution is -0.127. The molecule has 1 aliphatic rings. The Kier molecular flexibility index (Phi) is 10.9. The molecule has 3 amide bonds. The summed E-state index contributed by atoms with van der Waals surface area (Å²) in [6, 6.07) is 17.2. The fourth-order valence-electron chi connectivity index (χ4n) is 5.22. The fourth-order valence-corrected chi connectivity index (χ4v) is 5.22. The summed E-state index contributed by atoms with van der Waals surface area (Å²) in [5, 5.41) is 5.98. The Balaban J connectivity index is 1.64. The molecule has 0 unspecified atom stereocenters. The molecule has 2 aromatic carbocycles. The summed E-state index contributed by atoms with van der Waals surface area (Å²) in [7, 11) is 3.08. The van der Waals surface area contributed by atoms with Crippen molar-refractivity contribution in [2.45, 2.75) is 70.4 Å². The Morgan fingerprint density at radius 3 is 2.24 bits per heavy atom. The van der Waals surface area contributed by atoms with Crippen molar-refractivity contribution in [3.05, 3.63) is 78.0 Å². The average Bonchev–Trinajstić information content (AvgIpc) is 3.01. The van der Waals surface area contributed by atoms with Gasteiger partial charge in [0.25, 0.3) is 0 Å². The second kappa shape index (κ2) is 15.0. The summed E-state index contributed by atoms with van der Waals surface area (Å²) in [6.07, 6.45) is 7.19. The largest absolute Gasteiger partial charge is 0.497 e. The number of benzene rings is 2. The highest BCUT2D eigenvalue weighted by Gasteiger charge is 2.34. The van der Waals surface area contributed by atoms with Gasteiger partial charge in [-0.15, -0.1) is 0 Å². The summed E-state index contributed by atoms with van der Waals surface area (Å²) in [5.41, 5.74) is 2.21. The topological polar surface area (TPSA) is 110 Å². The number of methoxy groups -OCH3 is 2. The zero-order valence-electron chi connectivity index (χ0n) is 24.6. The van der Waals surface area contributed by atoms with Crippen LogP contribution in [0.25, 0.3) is 0 Å². The molecule has 9 heteroatoms. The average molecular weight is 573 g/mol. The van der Waals surface area contributed by atoms with E-state index in [1.165, 1.54) is 19.1 Å². The number of carbonyl (C=O) groups is 3. The molecule has 0 spiro atoms. The minimum Gasteiger partial charge on any atom is -0.497 e. The van der Waals surface area contributed by atoms with Gasteiger partial charge in [0.1, 0.15) is 23.4 Å². The second-order valence-electron chi connectivity index (χ2n) is 10.6. The number of hydrogen-bond donors (Lipinski definition) is 2. The lowest BCUT2D eigenvalue weighted by atomic mass is 9.94. The highest BCUT2D eigenvalue weighted by molar-refractivity contribution is 6.02. The van der Waals surface area contributed by atoms with Crippen LogP contribution in [0.1, 0.15) is 68.5 Å². The van der Waals surface area contributed by atoms with E-state index in [0.717, 1.165) is 37.7 Å². The van der Waals surface area contributed by atoms with Crippen LogP contribution >= 0.6 is 0 Å². The molecule has 1 aromatic heterocycles. The number of hydrogen-bond acceptors (Lipinski definition) is 6. The minimum atomic E-state index is -0.931. The number of anilines is 2. The lowest BCUT2D eigenvalue weighted by Crippen LogP contribution is -2.47. The Morgan fingerprint density at radius 1 is 0.929 bits per heavy atom. The molecular formula is C33H40N4O5. The molecule has 1 atom stereocenters. The zero-order valence-corrected chi connectivity index (χ0v) is 24.6. The van der Waals surface area contributed by atoms with Crippen LogP contribution in [0.15, 0.2) is 66.9 Å². The van der Waals surface area contributed by atoms with E-state index in [2.05, 4.69) is 15.6 Å². The van der Waals surface area contributed by atoms with Crippen molar-refractivity contribution in [2.24, 2.45) is 0 Å². The molecule has 2 N–H and O–H groups in total. The number of nitrogens with one attached hydrogen (secondary N) is 2. The van der Waals surface area contributed by atoms with E-state index in [1.54, 1.807) is 42.6 Å². The van der Waals surface area contributed by atoms with Crippen molar-refractivity contribution in [2.75, 3.05) is 24.4 Å². The Morgan fingerprint density at radius 2 is 1.62 bits per heavy atom. The molecule has 0 bridgehead atoms. The second-order valence-corrected chi connectivity index (χ2v) is 10.6. The highest BCUT2D eigenvalue weighted by atomic mass is 16.5. The molecular weight excluding hydrogens is 532 g/mol. The van der Waals surface area contributed by atoms with Crippen molar-refractivity contribution in [1.29, 1.82) is 0 Å². The molecule has 3 aromatic rings. The van der Waals surface area contributed by atoms with Gasteiger partial charge < -0.3 is 20.1 Å². The minimum absolute atomic E-state index is 0.0498. The fraction of sp³-hybridized carbons (Fsp3) is 0.394. The summed E-state index contributed by atoms with van der Waals surface area (Å²) in [6.45, 7) is 1.98. The van der Waals surface area contributed by atoms with Gasteiger partial charge in [-0.25, -0.2) is 4.98 Å². The molecule has 1 aliphatic carbocycles. The highest BCUT2D eigenvalue weighted by Crippen LogP contribution is 2.35. The van der Waals surface area contributed by atoms with Crippen LogP contribution in [-0.2, 0) is 14.4 Å². The number of carbonyl (C=O) groups excluding carboxylic acids is 3. The van der Waals surface area contributed by atoms with Gasteiger partial charge in [0.2, 0.25) is 17.7 Å². The van der Waals surface area contributed by atoms with Crippen LogP contribution in [0.2, 0.25) is 0 Å². The van der Waals surface area contributed by atoms with Crippen molar-refractivity contribution in [1.82, 2.24) is 10.3 Å². The van der Waals surface area contributed by atoms with Crippen molar-refractivity contribution in [3.63, 3.8) is 0 Å². The van der Waals surface area contributed by atoms with Gasteiger partial charge in [-0.2, -0.15) is 0 Å². The molecule has 1 heterocycles. The van der Waals surface area contributed by atoms with E-state index in [0.29, 0.717) is 35.0 Å². The first-order valence-electron chi connectivity index (χ1n) is 14.5. The molecule has 0 aliphatic heterocycles. The molecule has 0 saturated heterocycles. The van der Waals surface area contributed by atoms with Crippen LogP contribution in [0.3, 0.4) is 0 Å². The van der Waals surface area contributed by atoms with Crippen LogP contribution in [0, 0.1) is 6.92 Å². The zero-order chi connectivity index (χ0) is 29.9. The quantitative estimate of drug-likeness (QED) is 0.287. The van der Waals surface area contributed by atoms with Gasteiger partial charge in [-0.05, 0) is 43.9 Å². The van der Waals surface area contributed by atoms with Crippen LogP contribution in [0.5, 0.6) is 11.5 Å². The normalized spacial score (nSPS) is 14.0. The van der Waals surface area contributed by atoms with E-state index in [9.17, 15) is 14.4 Å². The third kappa shape index (κ3) is 8.31. The van der Waals surface area contributed by atoms with Crippen molar-refractivity contribution >= 4 is 29.2 Å². The summed E-state index contributed by atoms with van der Waals surface area (Å²) >= 11 is 0. The maximum Gasteiger partial charge on any atom is 0.248 e. The van der Waals surface area contributed by atoms with E-state index in [4.69, 9.17) is 9.47 Å². The smallest absolute Gasteiger partial charge is 0.248 e. The predicted octanol–water partition coefficient (Wildman–Crippen LogP) is 5.74. The standard InChI is InChI=1S/C33H40N4O5/c1-23-15-17-24(18-16-23)32(33(40)35-25-10-5-4-6-11-25)37(26-20-27(41-2)22-28(21-26)42-3)31(39)14-9-13-30(38)36-29-12-7-8-19-34-29/h7-8,12,15-22,25,32H,4-6,9-11,13-14H2,1-3H3,(H,35,40)(H,34,36,38)/t32-/m1/s1. The first-order chi connectivity index (χ1) is 20.4. The van der Waals surface area contributed by atoms with Gasteiger partial charge in [0.05, 0.1) is 19.9 Å². The molecule has 4 rings (SSSR count). The number of amides is 3. The van der Waals surface area contributed by atoms with Gasteiger partial charge in [-0.1, -0.05) is 55.2 Å². The van der Waals surface area contributed by atoms with Gasteiger partial charge in [0, 0.05) is 43.3 Å². The van der Waals surface area contributed by atoms with Crippen molar-refractivity contribution in [3.8, 4) is 11.5 Å².